The molecule has 8 nitrogen and oxygen atoms in total. The first-order valence-electron chi connectivity index (χ1n) is 17.6. The Kier molecular flexibility index (Phi) is 13.3. The van der Waals surface area contributed by atoms with Crippen molar-refractivity contribution in [1.82, 2.24) is 9.88 Å². The predicted molar refractivity (Wildman–Crippen MR) is 207 cm³/mol. The highest BCUT2D eigenvalue weighted by atomic mass is 28.4. The highest BCUT2D eigenvalue weighted by Crippen LogP contribution is 2.43. The van der Waals surface area contributed by atoms with Gasteiger partial charge in [0.1, 0.15) is 11.5 Å². The predicted octanol–water partition coefficient (Wildman–Crippen LogP) is 9.55. The van der Waals surface area contributed by atoms with E-state index in [0.717, 1.165) is 5.56 Å². The van der Waals surface area contributed by atoms with Gasteiger partial charge >= 0.3 is 5.97 Å². The lowest BCUT2D eigenvalue weighted by Gasteiger charge is -2.39. The third-order valence-electron chi connectivity index (χ3n) is 9.58. The van der Waals surface area contributed by atoms with Crippen molar-refractivity contribution in [2.75, 3.05) is 14.2 Å². The molecule has 53 heavy (non-hydrogen) atoms. The molecule has 3 aromatic carbocycles. The molecule has 1 aromatic heterocycles. The number of hydrogen-bond acceptors (Lipinski definition) is 6. The lowest BCUT2D eigenvalue weighted by atomic mass is 9.94. The monoisotopic (exact) mass is 744 g/mol. The van der Waals surface area contributed by atoms with Gasteiger partial charge in [-0.2, -0.15) is 0 Å². The Morgan fingerprint density at radius 1 is 0.887 bits per heavy atom. The molecule has 4 aromatic rings. The van der Waals surface area contributed by atoms with E-state index in [4.69, 9.17) is 13.9 Å². The van der Waals surface area contributed by atoms with E-state index < -0.39 is 37.9 Å². The van der Waals surface area contributed by atoms with Crippen LogP contribution in [0.25, 0.3) is 28.3 Å². The zero-order valence-corrected chi connectivity index (χ0v) is 33.0. The number of rotatable bonds is 15. The van der Waals surface area contributed by atoms with Gasteiger partial charge in [0.2, 0.25) is 0 Å². The maximum Gasteiger partial charge on any atom is 0.308 e. The van der Waals surface area contributed by atoms with Gasteiger partial charge in [-0.25, -0.2) is 8.78 Å². The molecule has 0 saturated heterocycles. The Balaban J connectivity index is 1.87. The molecule has 0 aliphatic heterocycles. The SMILES string of the molecule is COC(=O)C[C@@H](CC(=O)/C=C/c1c(-c2ccc(F)cc2)c(-c2ccccc2)c(C(=O)NCc2ccc(F)c(OC)c2)n1C(C)C)O[Si](C)(C)C(C)(C)C. The molecular formula is C42H50F2N2O6Si. The van der Waals surface area contributed by atoms with Crippen LogP contribution < -0.4 is 10.1 Å². The lowest BCUT2D eigenvalue weighted by molar-refractivity contribution is -0.142. The Morgan fingerprint density at radius 2 is 1.53 bits per heavy atom. The molecule has 0 radical (unpaired) electrons. The van der Waals surface area contributed by atoms with Crippen LogP contribution in [0.1, 0.15) is 75.2 Å². The van der Waals surface area contributed by atoms with Crippen LogP contribution in [0.5, 0.6) is 5.75 Å². The molecule has 1 N–H and O–H groups in total. The van der Waals surface area contributed by atoms with E-state index in [-0.39, 0.29) is 42.0 Å². The molecule has 1 heterocycles. The molecule has 1 amide bonds. The fraction of sp³-hybridized carbons (Fsp3) is 0.357. The number of nitrogens with one attached hydrogen (secondary N) is 1. The molecule has 1 atom stereocenters. The Morgan fingerprint density at radius 3 is 2.11 bits per heavy atom. The van der Waals surface area contributed by atoms with Crippen molar-refractivity contribution in [2.24, 2.45) is 0 Å². The summed E-state index contributed by atoms with van der Waals surface area (Å²) >= 11 is 0. The van der Waals surface area contributed by atoms with Crippen molar-refractivity contribution in [3.63, 3.8) is 0 Å². The topological polar surface area (TPSA) is 95.9 Å². The number of carbonyl (C=O) groups is 3. The first-order valence-corrected chi connectivity index (χ1v) is 20.5. The second-order valence-electron chi connectivity index (χ2n) is 14.8. The number of hydrogen-bond donors (Lipinski definition) is 1. The number of nitrogens with zero attached hydrogens (tertiary/aromatic N) is 1. The Hall–Kier alpha value is -4.87. The molecule has 282 valence electrons. The smallest absolute Gasteiger partial charge is 0.308 e. The molecule has 0 saturated carbocycles. The molecule has 0 aliphatic rings. The van der Waals surface area contributed by atoms with Gasteiger partial charge in [-0.1, -0.05) is 69.3 Å². The fourth-order valence-corrected chi connectivity index (χ4v) is 7.24. The molecule has 0 bridgehead atoms. The molecule has 0 unspecified atom stereocenters. The normalized spacial score (nSPS) is 12.6. The van der Waals surface area contributed by atoms with Crippen LogP contribution >= 0.6 is 0 Å². The Bertz CT molecular complexity index is 1950. The number of ether oxygens (including phenoxy) is 2. The summed E-state index contributed by atoms with van der Waals surface area (Å²) in [5.74, 6) is -2.03. The minimum Gasteiger partial charge on any atom is -0.494 e. The van der Waals surface area contributed by atoms with Crippen LogP contribution in [-0.4, -0.2) is 50.9 Å². The number of ketones is 1. The minimum atomic E-state index is -2.37. The van der Waals surface area contributed by atoms with Crippen LogP contribution in [0.3, 0.4) is 0 Å². The van der Waals surface area contributed by atoms with Gasteiger partial charge < -0.3 is 23.8 Å². The van der Waals surface area contributed by atoms with Crippen molar-refractivity contribution in [3.05, 3.63) is 107 Å². The van der Waals surface area contributed by atoms with Crippen LogP contribution in [0.15, 0.2) is 78.9 Å². The van der Waals surface area contributed by atoms with E-state index in [2.05, 4.69) is 39.2 Å². The van der Waals surface area contributed by atoms with Gasteiger partial charge in [0, 0.05) is 30.1 Å². The number of halogens is 2. The summed E-state index contributed by atoms with van der Waals surface area (Å²) in [6, 6.07) is 19.5. The molecule has 0 spiro atoms. The molecule has 0 aliphatic carbocycles. The van der Waals surface area contributed by atoms with Crippen molar-refractivity contribution in [3.8, 4) is 28.0 Å². The van der Waals surface area contributed by atoms with E-state index in [1.165, 1.54) is 44.6 Å². The van der Waals surface area contributed by atoms with E-state index in [1.807, 2.05) is 48.7 Å². The van der Waals surface area contributed by atoms with Crippen molar-refractivity contribution in [2.45, 2.75) is 84.3 Å². The third kappa shape index (κ3) is 9.97. The molecular weight excluding hydrogens is 695 g/mol. The maximum atomic E-state index is 14.4. The number of allylic oxidation sites excluding steroid dienone is 1. The van der Waals surface area contributed by atoms with Crippen molar-refractivity contribution >= 4 is 32.1 Å². The molecule has 4 rings (SSSR count). The third-order valence-corrected chi connectivity index (χ3v) is 14.1. The van der Waals surface area contributed by atoms with Crippen LogP contribution in [0, 0.1) is 11.6 Å². The summed E-state index contributed by atoms with van der Waals surface area (Å²) in [6.07, 6.45) is 2.29. The van der Waals surface area contributed by atoms with Gasteiger partial charge in [0.05, 0.1) is 32.4 Å². The number of aromatic nitrogens is 1. The second-order valence-corrected chi connectivity index (χ2v) is 19.5. The van der Waals surface area contributed by atoms with Crippen LogP contribution in [-0.2, 0) is 25.3 Å². The summed E-state index contributed by atoms with van der Waals surface area (Å²) in [6.45, 7) is 14.3. The highest BCUT2D eigenvalue weighted by molar-refractivity contribution is 6.74. The van der Waals surface area contributed by atoms with E-state index in [9.17, 15) is 23.2 Å². The number of carbonyl (C=O) groups excluding carboxylic acids is 3. The number of amides is 1. The van der Waals surface area contributed by atoms with Crippen LogP contribution in [0.4, 0.5) is 8.78 Å². The summed E-state index contributed by atoms with van der Waals surface area (Å²) in [4.78, 5) is 40.5. The van der Waals surface area contributed by atoms with Gasteiger partial charge in [0.15, 0.2) is 25.7 Å². The maximum absolute atomic E-state index is 14.4. The number of benzene rings is 3. The number of esters is 1. The standard InChI is InChI=1S/C42H50F2N2O6Si/c1-27(2)46-35(22-20-32(47)24-33(25-37(48)51-7)52-53(8,9)42(3,4)5)38(30-16-18-31(43)19-17-30)39(29-13-11-10-12-14-29)40(46)41(49)45-26-28-15-21-34(44)36(23-28)50-6/h10-23,27,33H,24-26H2,1-9H3,(H,45,49)/b22-20+/t33-/m1/s1. The average molecular weight is 745 g/mol. The second kappa shape index (κ2) is 17.3. The summed E-state index contributed by atoms with van der Waals surface area (Å²) in [5, 5.41) is 2.84. The number of methoxy groups -OCH3 is 2. The summed E-state index contributed by atoms with van der Waals surface area (Å²) in [7, 11) is 0.313. The summed E-state index contributed by atoms with van der Waals surface area (Å²) in [5.41, 5.74) is 4.12. The first kappa shape index (κ1) is 40.9. The highest BCUT2D eigenvalue weighted by Gasteiger charge is 2.40. The van der Waals surface area contributed by atoms with Gasteiger partial charge in [-0.15, -0.1) is 0 Å². The quantitative estimate of drug-likeness (QED) is 0.0740. The van der Waals surface area contributed by atoms with E-state index in [1.54, 1.807) is 24.3 Å². The molecule has 0 fully saturated rings. The van der Waals surface area contributed by atoms with Crippen molar-refractivity contribution < 1.29 is 37.1 Å². The van der Waals surface area contributed by atoms with Gasteiger partial charge in [-0.3, -0.25) is 14.4 Å². The molecule has 11 heteroatoms. The van der Waals surface area contributed by atoms with Crippen molar-refractivity contribution in [1.29, 1.82) is 0 Å². The van der Waals surface area contributed by atoms with Gasteiger partial charge in [0.25, 0.3) is 5.91 Å². The first-order chi connectivity index (χ1) is 25.0. The van der Waals surface area contributed by atoms with Gasteiger partial charge in [-0.05, 0) is 85.1 Å². The van der Waals surface area contributed by atoms with E-state index in [0.29, 0.717) is 33.6 Å². The zero-order chi connectivity index (χ0) is 39.1. The zero-order valence-electron chi connectivity index (χ0n) is 32.0. The minimum absolute atomic E-state index is 0.0616. The van der Waals surface area contributed by atoms with Crippen LogP contribution in [0.2, 0.25) is 18.1 Å². The summed E-state index contributed by atoms with van der Waals surface area (Å²) < 4.78 is 46.9. The largest absolute Gasteiger partial charge is 0.494 e. The fourth-order valence-electron chi connectivity index (χ4n) is 5.89. The average Bonchev–Trinajstić information content (AvgIpc) is 3.45. The lowest BCUT2D eigenvalue weighted by Crippen LogP contribution is -2.44. The van der Waals surface area contributed by atoms with E-state index >= 15 is 0 Å². The Labute approximate surface area is 312 Å².